The molecule has 136 valence electrons. The van der Waals surface area contributed by atoms with E-state index in [1.807, 2.05) is 12.1 Å². The van der Waals surface area contributed by atoms with Crippen LogP contribution in [0.3, 0.4) is 0 Å². The van der Waals surface area contributed by atoms with Crippen LogP contribution < -0.4 is 0 Å². The number of hydrogen-bond acceptors (Lipinski definition) is 1. The average Bonchev–Trinajstić information content (AvgIpc) is 3.28. The molecule has 0 aliphatic carbocycles. The number of benzene rings is 5. The highest BCUT2D eigenvalue weighted by Gasteiger charge is 2.17. The third-order valence-corrected chi connectivity index (χ3v) is 6.49. The van der Waals surface area contributed by atoms with Gasteiger partial charge in [0.15, 0.2) is 0 Å². The minimum Gasteiger partial charge on any atom is -0.456 e. The van der Waals surface area contributed by atoms with Gasteiger partial charge >= 0.3 is 0 Å². The normalized spacial score (nSPS) is 12.3. The molecule has 0 unspecified atom stereocenters. The first-order valence-corrected chi connectivity index (χ1v) is 10.4. The molecule has 2 nitrogen and oxygen atoms in total. The van der Waals surface area contributed by atoms with Crippen molar-refractivity contribution in [3.8, 4) is 5.69 Å². The smallest absolute Gasteiger partial charge is 0.135 e. The first-order chi connectivity index (χ1) is 14.3. The molecular formula is C26H14BrNO. The standard InChI is InChI=1S/C26H14BrNO/c27-17-9-11-23-19(13-17)20-14-18(10-12-24(20)29-23)28-21-5-1-3-15-7-8-16-4-2-6-22(28)26(16)25(15)21/h1-14H. The van der Waals surface area contributed by atoms with Gasteiger partial charge < -0.3 is 8.98 Å². The molecule has 0 aliphatic heterocycles. The highest BCUT2D eigenvalue weighted by atomic mass is 79.9. The number of fused-ring (bicyclic) bond motifs is 3. The molecule has 7 rings (SSSR count). The molecule has 0 saturated heterocycles. The van der Waals surface area contributed by atoms with Crippen LogP contribution in [0.4, 0.5) is 0 Å². The van der Waals surface area contributed by atoms with Crippen LogP contribution in [-0.4, -0.2) is 4.57 Å². The van der Waals surface area contributed by atoms with Crippen molar-refractivity contribution in [2.24, 2.45) is 0 Å². The van der Waals surface area contributed by atoms with Crippen molar-refractivity contribution in [3.05, 3.63) is 89.4 Å². The fourth-order valence-corrected chi connectivity index (χ4v) is 5.14. The van der Waals surface area contributed by atoms with Crippen LogP contribution in [0.15, 0.2) is 93.8 Å². The molecular weight excluding hydrogens is 422 g/mol. The Morgan fingerprint density at radius 2 is 1.24 bits per heavy atom. The van der Waals surface area contributed by atoms with E-state index in [1.54, 1.807) is 0 Å². The van der Waals surface area contributed by atoms with E-state index < -0.39 is 0 Å². The second kappa shape index (κ2) is 5.40. The summed E-state index contributed by atoms with van der Waals surface area (Å²) in [6, 6.07) is 30.2. The molecule has 29 heavy (non-hydrogen) atoms. The predicted molar refractivity (Wildman–Crippen MR) is 124 cm³/mol. The monoisotopic (exact) mass is 435 g/mol. The number of halogens is 1. The van der Waals surface area contributed by atoms with Gasteiger partial charge in [-0.25, -0.2) is 0 Å². The number of aromatic nitrogens is 1. The molecule has 7 aromatic rings. The summed E-state index contributed by atoms with van der Waals surface area (Å²) in [4.78, 5) is 0. The van der Waals surface area contributed by atoms with E-state index in [2.05, 4.69) is 93.3 Å². The summed E-state index contributed by atoms with van der Waals surface area (Å²) < 4.78 is 9.50. The van der Waals surface area contributed by atoms with Gasteiger partial charge in [-0.05, 0) is 59.3 Å². The van der Waals surface area contributed by atoms with Crippen molar-refractivity contribution in [1.82, 2.24) is 4.57 Å². The van der Waals surface area contributed by atoms with E-state index in [4.69, 9.17) is 4.42 Å². The van der Waals surface area contributed by atoms with Crippen molar-refractivity contribution < 1.29 is 4.42 Å². The van der Waals surface area contributed by atoms with Crippen molar-refractivity contribution in [2.45, 2.75) is 0 Å². The Morgan fingerprint density at radius 3 is 1.93 bits per heavy atom. The zero-order valence-electron chi connectivity index (χ0n) is 15.3. The van der Waals surface area contributed by atoms with Crippen LogP contribution in [0.2, 0.25) is 0 Å². The third kappa shape index (κ3) is 2.00. The largest absolute Gasteiger partial charge is 0.456 e. The Balaban J connectivity index is 1.65. The van der Waals surface area contributed by atoms with E-state index in [1.165, 1.54) is 32.6 Å². The van der Waals surface area contributed by atoms with Gasteiger partial charge in [0.05, 0.1) is 11.0 Å². The maximum absolute atomic E-state index is 6.06. The van der Waals surface area contributed by atoms with Gasteiger partial charge in [-0.2, -0.15) is 0 Å². The number of rotatable bonds is 1. The quantitative estimate of drug-likeness (QED) is 0.238. The van der Waals surface area contributed by atoms with Crippen molar-refractivity contribution in [1.29, 1.82) is 0 Å². The van der Waals surface area contributed by atoms with Gasteiger partial charge in [-0.15, -0.1) is 0 Å². The molecule has 0 aliphatic rings. The van der Waals surface area contributed by atoms with Gasteiger partial charge in [-0.3, -0.25) is 0 Å². The summed E-state index contributed by atoms with van der Waals surface area (Å²) in [5.41, 5.74) is 5.45. The molecule has 0 saturated carbocycles. The second-order valence-corrected chi connectivity index (χ2v) is 8.49. The van der Waals surface area contributed by atoms with Gasteiger partial charge in [0.1, 0.15) is 11.2 Å². The van der Waals surface area contributed by atoms with Crippen molar-refractivity contribution >= 4 is 70.4 Å². The molecule has 2 heterocycles. The van der Waals surface area contributed by atoms with E-state index in [0.717, 1.165) is 32.1 Å². The van der Waals surface area contributed by atoms with Crippen molar-refractivity contribution in [2.75, 3.05) is 0 Å². The highest BCUT2D eigenvalue weighted by Crippen LogP contribution is 2.40. The molecule has 5 aromatic carbocycles. The zero-order chi connectivity index (χ0) is 19.1. The molecule has 0 amide bonds. The van der Waals surface area contributed by atoms with E-state index >= 15 is 0 Å². The summed E-state index contributed by atoms with van der Waals surface area (Å²) in [6.07, 6.45) is 0. The number of hydrogen-bond donors (Lipinski definition) is 0. The fraction of sp³-hybridized carbons (Fsp3) is 0. The first kappa shape index (κ1) is 15.6. The minimum absolute atomic E-state index is 0.911. The number of nitrogens with zero attached hydrogens (tertiary/aromatic N) is 1. The van der Waals surface area contributed by atoms with Gasteiger partial charge in [0.25, 0.3) is 0 Å². The van der Waals surface area contributed by atoms with Gasteiger partial charge in [0.2, 0.25) is 0 Å². The van der Waals surface area contributed by atoms with Crippen molar-refractivity contribution in [3.63, 3.8) is 0 Å². The lowest BCUT2D eigenvalue weighted by Crippen LogP contribution is -1.93. The summed E-state index contributed by atoms with van der Waals surface area (Å²) in [7, 11) is 0. The SMILES string of the molecule is Brc1ccc2oc3ccc(-n4c5cccc6ccc7cccc4c7c65)cc3c2c1. The van der Waals surface area contributed by atoms with Crippen LogP contribution in [-0.2, 0) is 0 Å². The van der Waals surface area contributed by atoms with E-state index in [9.17, 15) is 0 Å². The molecule has 0 bridgehead atoms. The van der Waals surface area contributed by atoms with E-state index in [0.29, 0.717) is 0 Å². The molecule has 0 fully saturated rings. The minimum atomic E-state index is 0.911. The van der Waals surface area contributed by atoms with Crippen LogP contribution in [0.25, 0.3) is 60.2 Å². The predicted octanol–water partition coefficient (Wildman–Crippen LogP) is 8.04. The molecule has 0 spiro atoms. The van der Waals surface area contributed by atoms with Gasteiger partial charge in [0, 0.05) is 31.7 Å². The summed E-state index contributed by atoms with van der Waals surface area (Å²) in [5.74, 6) is 0. The zero-order valence-corrected chi connectivity index (χ0v) is 16.9. The summed E-state index contributed by atoms with van der Waals surface area (Å²) >= 11 is 3.59. The Bertz CT molecular complexity index is 1650. The summed E-state index contributed by atoms with van der Waals surface area (Å²) in [6.45, 7) is 0. The van der Waals surface area contributed by atoms with Crippen LogP contribution in [0.1, 0.15) is 0 Å². The lowest BCUT2D eigenvalue weighted by atomic mass is 10.0. The Hall–Kier alpha value is -3.30. The highest BCUT2D eigenvalue weighted by molar-refractivity contribution is 9.10. The maximum atomic E-state index is 6.06. The lowest BCUT2D eigenvalue weighted by molar-refractivity contribution is 0.669. The van der Waals surface area contributed by atoms with Crippen LogP contribution >= 0.6 is 15.9 Å². The average molecular weight is 436 g/mol. The lowest BCUT2D eigenvalue weighted by Gasteiger charge is -2.08. The van der Waals surface area contributed by atoms with E-state index in [-0.39, 0.29) is 0 Å². The summed E-state index contributed by atoms with van der Waals surface area (Å²) in [5, 5.41) is 7.49. The molecule has 0 N–H and O–H groups in total. The molecule has 0 atom stereocenters. The molecule has 2 aromatic heterocycles. The third-order valence-electron chi connectivity index (χ3n) is 6.00. The van der Waals surface area contributed by atoms with Crippen LogP contribution in [0.5, 0.6) is 0 Å². The molecule has 0 radical (unpaired) electrons. The van der Waals surface area contributed by atoms with Crippen LogP contribution in [0, 0.1) is 0 Å². The Morgan fingerprint density at radius 1 is 0.621 bits per heavy atom. The fourth-order valence-electron chi connectivity index (χ4n) is 4.77. The Kier molecular flexibility index (Phi) is 2.90. The Labute approximate surface area is 174 Å². The topological polar surface area (TPSA) is 18.1 Å². The second-order valence-electron chi connectivity index (χ2n) is 7.57. The molecule has 3 heteroatoms. The first-order valence-electron chi connectivity index (χ1n) is 9.64. The number of furan rings is 1. The maximum Gasteiger partial charge on any atom is 0.135 e. The van der Waals surface area contributed by atoms with Gasteiger partial charge in [-0.1, -0.05) is 52.3 Å².